The maximum absolute atomic E-state index is 13.0. The van der Waals surface area contributed by atoms with E-state index in [9.17, 15) is 14.5 Å². The molecule has 0 spiro atoms. The lowest BCUT2D eigenvalue weighted by Gasteiger charge is -2.44. The van der Waals surface area contributed by atoms with Crippen molar-refractivity contribution in [1.82, 2.24) is 10.3 Å². The first kappa shape index (κ1) is 26.9. The molecule has 2 fully saturated rings. The number of hydrogen-bond donors (Lipinski definition) is 2. The zero-order valence-corrected chi connectivity index (χ0v) is 22.7. The Hall–Kier alpha value is -3.73. The first-order valence-electron chi connectivity index (χ1n) is 13.6. The first-order chi connectivity index (χ1) is 18.9. The molecule has 1 aromatic heterocycles. The predicted molar refractivity (Wildman–Crippen MR) is 149 cm³/mol. The van der Waals surface area contributed by atoms with E-state index >= 15 is 0 Å². The highest BCUT2D eigenvalue weighted by atomic mass is 16.5. The fourth-order valence-corrected chi connectivity index (χ4v) is 5.78. The molecule has 0 bridgehead atoms. The van der Waals surface area contributed by atoms with Crippen LogP contribution in [0.25, 0.3) is 0 Å². The van der Waals surface area contributed by atoms with Gasteiger partial charge in [-0.05, 0) is 75.8 Å². The number of pyridine rings is 1. The fraction of sp³-hybridized carbons (Fsp3) is 0.536. The van der Waals surface area contributed by atoms with Gasteiger partial charge in [0.25, 0.3) is 5.91 Å². The van der Waals surface area contributed by atoms with Crippen molar-refractivity contribution >= 4 is 34.8 Å². The van der Waals surface area contributed by atoms with Crippen molar-refractivity contribution in [3.8, 4) is 5.75 Å². The quantitative estimate of drug-likeness (QED) is 0.509. The number of amides is 2. The molecule has 2 N–H and O–H groups in total. The lowest BCUT2D eigenvalue weighted by molar-refractivity contribution is -0.119. The summed E-state index contributed by atoms with van der Waals surface area (Å²) in [4.78, 5) is 45.4. The summed E-state index contributed by atoms with van der Waals surface area (Å²) in [6.07, 6.45) is 4.56. The molecule has 1 saturated carbocycles. The van der Waals surface area contributed by atoms with E-state index in [2.05, 4.69) is 20.7 Å². The van der Waals surface area contributed by atoms with Crippen LogP contribution in [0.3, 0.4) is 0 Å². The Kier molecular flexibility index (Phi) is 7.97. The van der Waals surface area contributed by atoms with Crippen LogP contribution in [0.5, 0.6) is 5.75 Å². The largest absolute Gasteiger partial charge is 0.495 e. The van der Waals surface area contributed by atoms with E-state index in [-0.39, 0.29) is 36.0 Å². The van der Waals surface area contributed by atoms with Gasteiger partial charge < -0.3 is 29.9 Å². The Morgan fingerprint density at radius 2 is 1.85 bits per heavy atom. The molecule has 1 atom stereocenters. The first-order valence-corrected chi connectivity index (χ1v) is 13.6. The number of likely N-dealkylation sites (N-methyl/N-ethyl adjacent to an activating group) is 1. The van der Waals surface area contributed by atoms with E-state index < -0.39 is 0 Å². The van der Waals surface area contributed by atoms with E-state index in [1.165, 1.54) is 0 Å². The van der Waals surface area contributed by atoms with Crippen molar-refractivity contribution in [3.63, 3.8) is 0 Å². The van der Waals surface area contributed by atoms with E-state index in [0.717, 1.165) is 37.2 Å². The number of carbonyl (C=O) groups excluding carboxylic acids is 2. The van der Waals surface area contributed by atoms with Crippen LogP contribution in [0.2, 0.25) is 0 Å². The molecule has 2 aliphatic heterocycles. The number of aromatic nitrogens is 1. The summed E-state index contributed by atoms with van der Waals surface area (Å²) in [5.41, 5.74) is 1.93. The summed E-state index contributed by atoms with van der Waals surface area (Å²) in [5.74, 6) is 1.74. The predicted octanol–water partition coefficient (Wildman–Crippen LogP) is 3.99. The smallest absolute Gasteiger partial charge is 0.251 e. The standard InChI is InChI=1S/C28H36N6O5/c1-17-28(36)33(2)23-10-11-25(31-26(23)34(17)21-12-14-39-15-13-21)30-22-9-4-18(16-24(22)38-3)27(35)29-19-5-7-20(32-37)8-6-19/h4,9-11,16-17,19-21H,5-8,12-15H2,1-3H3,(H,29,35)(H,30,31)/t17-,19?,20?/m1/s1. The Bertz CT molecular complexity index is 1220. The summed E-state index contributed by atoms with van der Waals surface area (Å²) in [5, 5.41) is 9.53. The highest BCUT2D eigenvalue weighted by Gasteiger charge is 2.39. The molecule has 11 nitrogen and oxygen atoms in total. The number of benzene rings is 1. The molecule has 1 saturated heterocycles. The average Bonchev–Trinajstić information content (AvgIpc) is 2.97. The number of ether oxygens (including phenoxy) is 2. The SMILES string of the molecule is COc1cc(C(=O)NC2CCC(N=O)CC2)ccc1Nc1ccc2c(n1)N(C1CCOCC1)[C@H](C)C(=O)N2C. The molecule has 208 valence electrons. The van der Waals surface area contributed by atoms with Crippen molar-refractivity contribution in [2.45, 2.75) is 69.6 Å². The number of methoxy groups -OCH3 is 1. The van der Waals surface area contributed by atoms with E-state index in [0.29, 0.717) is 48.9 Å². The summed E-state index contributed by atoms with van der Waals surface area (Å²) in [6, 6.07) is 8.73. The summed E-state index contributed by atoms with van der Waals surface area (Å²) < 4.78 is 11.2. The molecular formula is C28H36N6O5. The third-order valence-corrected chi connectivity index (χ3v) is 8.06. The Morgan fingerprint density at radius 1 is 1.10 bits per heavy atom. The van der Waals surface area contributed by atoms with E-state index in [1.54, 1.807) is 37.3 Å². The third kappa shape index (κ3) is 5.54. The second-order valence-corrected chi connectivity index (χ2v) is 10.5. The topological polar surface area (TPSA) is 125 Å². The van der Waals surface area contributed by atoms with Crippen LogP contribution in [0, 0.1) is 4.91 Å². The highest BCUT2D eigenvalue weighted by molar-refractivity contribution is 6.04. The van der Waals surface area contributed by atoms with Crippen LogP contribution in [0.1, 0.15) is 55.8 Å². The van der Waals surface area contributed by atoms with Crippen LogP contribution in [-0.2, 0) is 9.53 Å². The second-order valence-electron chi connectivity index (χ2n) is 10.5. The minimum absolute atomic E-state index is 0.0325. The monoisotopic (exact) mass is 536 g/mol. The third-order valence-electron chi connectivity index (χ3n) is 8.06. The number of nitrogens with one attached hydrogen (secondary N) is 2. The van der Waals surface area contributed by atoms with Gasteiger partial charge in [0.05, 0.1) is 24.5 Å². The van der Waals surface area contributed by atoms with Gasteiger partial charge in [-0.2, -0.15) is 4.91 Å². The molecular weight excluding hydrogens is 500 g/mol. The minimum Gasteiger partial charge on any atom is -0.495 e. The molecule has 39 heavy (non-hydrogen) atoms. The van der Waals surface area contributed by atoms with Crippen LogP contribution < -0.4 is 25.2 Å². The molecule has 3 heterocycles. The van der Waals surface area contributed by atoms with Gasteiger partial charge in [0.2, 0.25) is 5.91 Å². The minimum atomic E-state index is -0.328. The van der Waals surface area contributed by atoms with Crippen LogP contribution in [0.4, 0.5) is 23.0 Å². The van der Waals surface area contributed by atoms with Crippen LogP contribution in [-0.4, -0.2) is 68.3 Å². The van der Waals surface area contributed by atoms with E-state index in [1.807, 2.05) is 19.1 Å². The van der Waals surface area contributed by atoms with Crippen LogP contribution in [0.15, 0.2) is 35.5 Å². The maximum Gasteiger partial charge on any atom is 0.251 e. The van der Waals surface area contributed by atoms with Crippen molar-refractivity contribution in [2.75, 3.05) is 42.5 Å². The number of nitroso groups, excluding NO2 is 1. The molecule has 0 radical (unpaired) electrons. The molecule has 1 aliphatic carbocycles. The Balaban J connectivity index is 1.35. The van der Waals surface area contributed by atoms with Gasteiger partial charge in [-0.15, -0.1) is 0 Å². The van der Waals surface area contributed by atoms with Gasteiger partial charge in [0, 0.05) is 37.9 Å². The molecule has 11 heteroatoms. The maximum atomic E-state index is 13.0. The van der Waals surface area contributed by atoms with Gasteiger partial charge in [-0.25, -0.2) is 4.98 Å². The van der Waals surface area contributed by atoms with Crippen molar-refractivity contribution in [2.24, 2.45) is 5.18 Å². The van der Waals surface area contributed by atoms with Gasteiger partial charge in [0.15, 0.2) is 5.82 Å². The Labute approximate surface area is 228 Å². The number of anilines is 4. The summed E-state index contributed by atoms with van der Waals surface area (Å²) >= 11 is 0. The highest BCUT2D eigenvalue weighted by Crippen LogP contribution is 2.39. The molecule has 2 aromatic rings. The average molecular weight is 537 g/mol. The summed E-state index contributed by atoms with van der Waals surface area (Å²) in [6.45, 7) is 3.26. The van der Waals surface area contributed by atoms with Gasteiger partial charge in [-0.1, -0.05) is 5.18 Å². The van der Waals surface area contributed by atoms with Gasteiger partial charge in [0.1, 0.15) is 17.6 Å². The van der Waals surface area contributed by atoms with Gasteiger partial charge in [-0.3, -0.25) is 9.59 Å². The fourth-order valence-electron chi connectivity index (χ4n) is 5.78. The van der Waals surface area contributed by atoms with Crippen molar-refractivity contribution in [3.05, 3.63) is 40.8 Å². The van der Waals surface area contributed by atoms with E-state index in [4.69, 9.17) is 14.5 Å². The van der Waals surface area contributed by atoms with Crippen molar-refractivity contribution < 1.29 is 19.1 Å². The molecule has 1 aromatic carbocycles. The number of carbonyl (C=O) groups is 2. The number of nitrogens with zero attached hydrogens (tertiary/aromatic N) is 4. The lowest BCUT2D eigenvalue weighted by Crippen LogP contribution is -2.56. The van der Waals surface area contributed by atoms with Crippen LogP contribution >= 0.6 is 0 Å². The number of fused-ring (bicyclic) bond motifs is 1. The van der Waals surface area contributed by atoms with Crippen molar-refractivity contribution in [1.29, 1.82) is 0 Å². The molecule has 5 rings (SSSR count). The normalized spacial score (nSPS) is 23.7. The van der Waals surface area contributed by atoms with Gasteiger partial charge >= 0.3 is 0 Å². The Morgan fingerprint density at radius 3 is 2.54 bits per heavy atom. The summed E-state index contributed by atoms with van der Waals surface area (Å²) in [7, 11) is 3.34. The zero-order chi connectivity index (χ0) is 27.5. The molecule has 3 aliphatic rings. The zero-order valence-electron chi connectivity index (χ0n) is 22.7. The second kappa shape index (κ2) is 11.6. The molecule has 2 amide bonds. The lowest BCUT2D eigenvalue weighted by atomic mass is 9.91. The number of hydrogen-bond acceptors (Lipinski definition) is 9. The molecule has 0 unspecified atom stereocenters. The number of rotatable bonds is 7.